The van der Waals surface area contributed by atoms with Crippen LogP contribution >= 0.6 is 27.5 Å². The number of nitrogens with zero attached hydrogens (tertiary/aromatic N) is 1. The Hall–Kier alpha value is -2.76. The molecule has 0 unspecified atom stereocenters. The van der Waals surface area contributed by atoms with Gasteiger partial charge in [-0.3, -0.25) is 4.79 Å². The second-order valence-corrected chi connectivity index (χ2v) is 7.48. The zero-order chi connectivity index (χ0) is 19.7. The predicted molar refractivity (Wildman–Crippen MR) is 114 cm³/mol. The summed E-state index contributed by atoms with van der Waals surface area (Å²) in [6.45, 7) is 0. The van der Waals surface area contributed by atoms with Gasteiger partial charge in [0.15, 0.2) is 0 Å². The van der Waals surface area contributed by atoms with Gasteiger partial charge in [-0.1, -0.05) is 57.9 Å². The van der Waals surface area contributed by atoms with Crippen molar-refractivity contribution in [3.05, 3.63) is 93.7 Å². The number of halogens is 3. The molecule has 0 aliphatic heterocycles. The lowest BCUT2D eigenvalue weighted by Crippen LogP contribution is -2.13. The predicted octanol–water partition coefficient (Wildman–Crippen LogP) is 6.71. The van der Waals surface area contributed by atoms with E-state index in [0.29, 0.717) is 22.5 Å². The van der Waals surface area contributed by atoms with Crippen LogP contribution in [0, 0.1) is 5.82 Å². The van der Waals surface area contributed by atoms with Crippen LogP contribution in [0.15, 0.2) is 77.3 Å². The van der Waals surface area contributed by atoms with Gasteiger partial charge in [-0.2, -0.15) is 0 Å². The fourth-order valence-electron chi connectivity index (χ4n) is 2.90. The highest BCUT2D eigenvalue weighted by atomic mass is 79.9. The van der Waals surface area contributed by atoms with Gasteiger partial charge in [-0.05, 0) is 42.5 Å². The summed E-state index contributed by atoms with van der Waals surface area (Å²) in [6.07, 6.45) is 0. The molecule has 0 aliphatic rings. The van der Waals surface area contributed by atoms with Gasteiger partial charge in [0.2, 0.25) is 0 Å². The molecule has 0 atom stereocenters. The van der Waals surface area contributed by atoms with Crippen molar-refractivity contribution < 1.29 is 9.18 Å². The Balaban J connectivity index is 1.79. The first-order chi connectivity index (χ1) is 13.5. The standard InChI is InChI=1S/C22H13BrClFN2O/c23-14-7-5-13(6-8-14)21-12-17(16-3-1-2-4-20(16)27-21)22(28)26-15-9-10-19(25)18(24)11-15/h1-12H,(H,26,28). The molecule has 138 valence electrons. The first-order valence-corrected chi connectivity index (χ1v) is 9.60. The zero-order valence-corrected chi connectivity index (χ0v) is 16.8. The Kier molecular flexibility index (Phi) is 5.11. The van der Waals surface area contributed by atoms with Gasteiger partial charge in [0.25, 0.3) is 5.91 Å². The minimum absolute atomic E-state index is 0.0482. The second kappa shape index (κ2) is 7.70. The fraction of sp³-hybridized carbons (Fsp3) is 0. The van der Waals surface area contributed by atoms with E-state index < -0.39 is 5.82 Å². The molecule has 0 fully saturated rings. The quantitative estimate of drug-likeness (QED) is 0.373. The molecule has 0 radical (unpaired) electrons. The summed E-state index contributed by atoms with van der Waals surface area (Å²) in [7, 11) is 0. The molecular weight excluding hydrogens is 443 g/mol. The monoisotopic (exact) mass is 454 g/mol. The number of para-hydroxylation sites is 1. The van der Waals surface area contributed by atoms with E-state index in [1.165, 1.54) is 18.2 Å². The largest absolute Gasteiger partial charge is 0.322 e. The Morgan fingerprint density at radius 2 is 1.75 bits per heavy atom. The molecule has 0 saturated heterocycles. The number of aromatic nitrogens is 1. The third-order valence-electron chi connectivity index (χ3n) is 4.28. The fourth-order valence-corrected chi connectivity index (χ4v) is 3.35. The van der Waals surface area contributed by atoms with Crippen molar-refractivity contribution in [2.75, 3.05) is 5.32 Å². The second-order valence-electron chi connectivity index (χ2n) is 6.16. The lowest BCUT2D eigenvalue weighted by Gasteiger charge is -2.11. The highest BCUT2D eigenvalue weighted by Crippen LogP contribution is 2.27. The number of hydrogen-bond donors (Lipinski definition) is 1. The maximum absolute atomic E-state index is 13.4. The lowest BCUT2D eigenvalue weighted by molar-refractivity contribution is 0.102. The van der Waals surface area contributed by atoms with Crippen LogP contribution in [-0.4, -0.2) is 10.9 Å². The number of hydrogen-bond acceptors (Lipinski definition) is 2. The van der Waals surface area contributed by atoms with E-state index in [0.717, 1.165) is 15.4 Å². The van der Waals surface area contributed by atoms with Crippen LogP contribution < -0.4 is 5.32 Å². The number of carbonyl (C=O) groups is 1. The third-order valence-corrected chi connectivity index (χ3v) is 5.10. The minimum Gasteiger partial charge on any atom is -0.322 e. The molecule has 1 N–H and O–H groups in total. The van der Waals surface area contributed by atoms with Gasteiger partial charge in [0.05, 0.1) is 21.8 Å². The van der Waals surface area contributed by atoms with Crippen molar-refractivity contribution in [2.24, 2.45) is 0 Å². The number of anilines is 1. The summed E-state index contributed by atoms with van der Waals surface area (Å²) in [5.41, 5.74) is 3.19. The third kappa shape index (κ3) is 3.77. The van der Waals surface area contributed by atoms with Gasteiger partial charge >= 0.3 is 0 Å². The molecule has 3 nitrogen and oxygen atoms in total. The van der Waals surface area contributed by atoms with Crippen molar-refractivity contribution in [3.8, 4) is 11.3 Å². The van der Waals surface area contributed by atoms with Crippen LogP contribution in [-0.2, 0) is 0 Å². The molecule has 28 heavy (non-hydrogen) atoms. The SMILES string of the molecule is O=C(Nc1ccc(F)c(Cl)c1)c1cc(-c2ccc(Br)cc2)nc2ccccc12. The van der Waals surface area contributed by atoms with E-state index in [2.05, 4.69) is 26.2 Å². The van der Waals surface area contributed by atoms with Crippen LogP contribution in [0.2, 0.25) is 5.02 Å². The summed E-state index contributed by atoms with van der Waals surface area (Å²) >= 11 is 9.24. The van der Waals surface area contributed by atoms with E-state index in [1.807, 2.05) is 48.5 Å². The molecule has 3 aromatic carbocycles. The molecule has 1 heterocycles. The van der Waals surface area contributed by atoms with Crippen molar-refractivity contribution >= 4 is 50.0 Å². The highest BCUT2D eigenvalue weighted by molar-refractivity contribution is 9.10. The molecule has 0 bridgehead atoms. The number of nitrogens with one attached hydrogen (secondary N) is 1. The molecular formula is C22H13BrClFN2O. The molecule has 4 rings (SSSR count). The Bertz CT molecular complexity index is 1200. The number of carbonyl (C=O) groups excluding carboxylic acids is 1. The van der Waals surface area contributed by atoms with Crippen molar-refractivity contribution in [1.29, 1.82) is 0 Å². The molecule has 4 aromatic rings. The number of fused-ring (bicyclic) bond motifs is 1. The molecule has 1 aromatic heterocycles. The van der Waals surface area contributed by atoms with Gasteiger partial charge in [0, 0.05) is 21.1 Å². The van der Waals surface area contributed by atoms with Gasteiger partial charge in [0.1, 0.15) is 5.82 Å². The first kappa shape index (κ1) is 18.6. The van der Waals surface area contributed by atoms with E-state index in [4.69, 9.17) is 11.6 Å². The van der Waals surface area contributed by atoms with E-state index in [-0.39, 0.29) is 10.9 Å². The topological polar surface area (TPSA) is 42.0 Å². The Morgan fingerprint density at radius 1 is 1.00 bits per heavy atom. The zero-order valence-electron chi connectivity index (χ0n) is 14.4. The number of amides is 1. The average molecular weight is 456 g/mol. The average Bonchev–Trinajstić information content (AvgIpc) is 2.70. The van der Waals surface area contributed by atoms with Crippen LogP contribution in [0.1, 0.15) is 10.4 Å². The van der Waals surface area contributed by atoms with Crippen LogP contribution in [0.5, 0.6) is 0 Å². The summed E-state index contributed by atoms with van der Waals surface area (Å²) in [5.74, 6) is -0.855. The number of pyridine rings is 1. The smallest absolute Gasteiger partial charge is 0.256 e. The van der Waals surface area contributed by atoms with E-state index in [9.17, 15) is 9.18 Å². The Morgan fingerprint density at radius 3 is 2.50 bits per heavy atom. The maximum Gasteiger partial charge on any atom is 0.256 e. The normalized spacial score (nSPS) is 10.8. The Labute approximate surface area is 174 Å². The van der Waals surface area contributed by atoms with Crippen molar-refractivity contribution in [3.63, 3.8) is 0 Å². The van der Waals surface area contributed by atoms with Gasteiger partial charge in [-0.15, -0.1) is 0 Å². The molecule has 0 spiro atoms. The number of rotatable bonds is 3. The van der Waals surface area contributed by atoms with E-state index in [1.54, 1.807) is 6.07 Å². The first-order valence-electron chi connectivity index (χ1n) is 8.43. The van der Waals surface area contributed by atoms with Crippen LogP contribution in [0.4, 0.5) is 10.1 Å². The highest BCUT2D eigenvalue weighted by Gasteiger charge is 2.15. The lowest BCUT2D eigenvalue weighted by atomic mass is 10.0. The molecule has 0 saturated carbocycles. The molecule has 6 heteroatoms. The van der Waals surface area contributed by atoms with Gasteiger partial charge in [-0.25, -0.2) is 9.37 Å². The summed E-state index contributed by atoms with van der Waals surface area (Å²) in [4.78, 5) is 17.7. The summed E-state index contributed by atoms with van der Waals surface area (Å²) in [5, 5.41) is 3.46. The molecule has 0 aliphatic carbocycles. The van der Waals surface area contributed by atoms with Crippen LogP contribution in [0.3, 0.4) is 0 Å². The number of benzene rings is 3. The summed E-state index contributed by atoms with van der Waals surface area (Å²) in [6, 6.07) is 21.0. The minimum atomic E-state index is -0.536. The van der Waals surface area contributed by atoms with Crippen molar-refractivity contribution in [1.82, 2.24) is 4.98 Å². The summed E-state index contributed by atoms with van der Waals surface area (Å²) < 4.78 is 14.3. The van der Waals surface area contributed by atoms with Crippen LogP contribution in [0.25, 0.3) is 22.2 Å². The maximum atomic E-state index is 13.4. The van der Waals surface area contributed by atoms with E-state index >= 15 is 0 Å². The molecule has 1 amide bonds. The van der Waals surface area contributed by atoms with Crippen molar-refractivity contribution in [2.45, 2.75) is 0 Å². The van der Waals surface area contributed by atoms with Gasteiger partial charge < -0.3 is 5.32 Å².